The average molecular weight is 506 g/mol. The molecule has 3 aliphatic rings. The number of fused-ring (bicyclic) bond motifs is 5. The van der Waals surface area contributed by atoms with Gasteiger partial charge in [-0.15, -0.1) is 0 Å². The van der Waals surface area contributed by atoms with Crippen molar-refractivity contribution in [3.05, 3.63) is 63.1 Å². The molecule has 4 heterocycles. The molecule has 2 bridgehead atoms. The third-order valence-electron chi connectivity index (χ3n) is 7.30. The van der Waals surface area contributed by atoms with Crippen molar-refractivity contribution >= 4 is 11.6 Å². The second-order valence-electron chi connectivity index (χ2n) is 9.63. The van der Waals surface area contributed by atoms with Gasteiger partial charge in [-0.1, -0.05) is 11.2 Å². The molecule has 0 saturated carbocycles. The topological polar surface area (TPSA) is 116 Å². The normalized spacial score (nSPS) is 27.9. The molecule has 192 valence electrons. The molecule has 12 heteroatoms. The number of alkyl halides is 1. The Kier molecular flexibility index (Phi) is 5.83. The minimum absolute atomic E-state index is 0.0428. The van der Waals surface area contributed by atoms with Gasteiger partial charge in [0.15, 0.2) is 17.0 Å². The number of carbonyl (C=O) groups is 1. The maximum atomic E-state index is 15.2. The molecule has 5 rings (SSSR count). The molecule has 1 amide bonds. The summed E-state index contributed by atoms with van der Waals surface area (Å²) in [6, 6.07) is 1.39. The highest BCUT2D eigenvalue weighted by atomic mass is 19.1. The van der Waals surface area contributed by atoms with Gasteiger partial charge in [-0.25, -0.2) is 13.2 Å². The third kappa shape index (κ3) is 3.75. The Hall–Kier alpha value is -3.38. The first-order valence-electron chi connectivity index (χ1n) is 11.5. The molecular weight excluding hydrogens is 481 g/mol. The first kappa shape index (κ1) is 24.3. The van der Waals surface area contributed by atoms with Crippen LogP contribution in [0.2, 0.25) is 0 Å². The molecule has 5 atom stereocenters. The van der Waals surface area contributed by atoms with Crippen LogP contribution < -0.4 is 10.7 Å². The van der Waals surface area contributed by atoms with Gasteiger partial charge in [0.2, 0.25) is 5.43 Å². The molecule has 0 aliphatic carbocycles. The van der Waals surface area contributed by atoms with Gasteiger partial charge in [0.05, 0.1) is 23.4 Å². The van der Waals surface area contributed by atoms with E-state index in [9.17, 15) is 28.6 Å². The van der Waals surface area contributed by atoms with E-state index >= 15 is 4.39 Å². The zero-order chi connectivity index (χ0) is 25.9. The van der Waals surface area contributed by atoms with E-state index in [1.807, 2.05) is 0 Å². The van der Waals surface area contributed by atoms with Crippen LogP contribution >= 0.6 is 0 Å². The van der Waals surface area contributed by atoms with Gasteiger partial charge in [-0.2, -0.15) is 0 Å². The molecule has 1 aromatic heterocycles. The van der Waals surface area contributed by atoms with Crippen molar-refractivity contribution in [2.24, 2.45) is 5.16 Å². The van der Waals surface area contributed by atoms with Crippen LogP contribution in [0, 0.1) is 11.6 Å². The Balaban J connectivity index is 1.55. The minimum atomic E-state index is -1.67. The van der Waals surface area contributed by atoms with E-state index in [1.54, 1.807) is 13.8 Å². The fourth-order valence-corrected chi connectivity index (χ4v) is 5.32. The number of hydrogen-bond donors (Lipinski definition) is 3. The number of aliphatic hydroxyl groups is 1. The fraction of sp³-hybridized carbons (Fsp3) is 0.458. The number of halogens is 3. The third-order valence-corrected chi connectivity index (χ3v) is 7.30. The molecule has 1 unspecified atom stereocenters. The molecule has 3 aliphatic heterocycles. The predicted molar refractivity (Wildman–Crippen MR) is 121 cm³/mol. The van der Waals surface area contributed by atoms with Crippen LogP contribution in [-0.2, 0) is 11.4 Å². The molecule has 36 heavy (non-hydrogen) atoms. The summed E-state index contributed by atoms with van der Waals surface area (Å²) >= 11 is 0. The number of aromatic hydroxyl groups is 1. The molecule has 1 aromatic carbocycles. The number of benzene rings is 1. The molecule has 9 nitrogen and oxygen atoms in total. The summed E-state index contributed by atoms with van der Waals surface area (Å²) in [5.74, 6) is -3.21. The monoisotopic (exact) mass is 506 g/mol. The van der Waals surface area contributed by atoms with E-state index < -0.39 is 58.8 Å². The van der Waals surface area contributed by atoms with Crippen molar-refractivity contribution in [1.29, 1.82) is 0 Å². The van der Waals surface area contributed by atoms with Crippen molar-refractivity contribution in [1.82, 2.24) is 14.8 Å². The Morgan fingerprint density at radius 1 is 1.33 bits per heavy atom. The first-order valence-corrected chi connectivity index (χ1v) is 11.5. The summed E-state index contributed by atoms with van der Waals surface area (Å²) in [6.45, 7) is 3.08. The highest BCUT2D eigenvalue weighted by molar-refractivity contribution is 5.96. The molecule has 1 saturated heterocycles. The van der Waals surface area contributed by atoms with Crippen molar-refractivity contribution < 1.29 is 33.0 Å². The smallest absolute Gasteiger partial charge is 0.274 e. The number of hydrogen-bond acceptors (Lipinski definition) is 7. The predicted octanol–water partition coefficient (Wildman–Crippen LogP) is 2.28. The summed E-state index contributed by atoms with van der Waals surface area (Å²) in [5, 5.41) is 28.1. The Morgan fingerprint density at radius 2 is 2.08 bits per heavy atom. The summed E-state index contributed by atoms with van der Waals surface area (Å²) < 4.78 is 43.8. The van der Waals surface area contributed by atoms with Crippen LogP contribution in [0.5, 0.6) is 5.75 Å². The van der Waals surface area contributed by atoms with Crippen LogP contribution in [0.1, 0.15) is 60.6 Å². The van der Waals surface area contributed by atoms with Gasteiger partial charge >= 0.3 is 0 Å². The number of nitrogens with one attached hydrogen (secondary N) is 1. The van der Waals surface area contributed by atoms with Gasteiger partial charge in [0, 0.05) is 43.8 Å². The average Bonchev–Trinajstić information content (AvgIpc) is 3.16. The number of nitrogens with zero attached hydrogens (tertiary/aromatic N) is 3. The van der Waals surface area contributed by atoms with E-state index in [0.717, 1.165) is 6.07 Å². The lowest BCUT2D eigenvalue weighted by atomic mass is 9.83. The van der Waals surface area contributed by atoms with Crippen LogP contribution in [0.15, 0.2) is 34.3 Å². The minimum Gasteiger partial charge on any atom is -0.503 e. The van der Waals surface area contributed by atoms with E-state index in [0.29, 0.717) is 11.8 Å². The lowest BCUT2D eigenvalue weighted by Crippen LogP contribution is -2.52. The van der Waals surface area contributed by atoms with Crippen LogP contribution in [-0.4, -0.2) is 55.7 Å². The van der Waals surface area contributed by atoms with Crippen molar-refractivity contribution in [3.63, 3.8) is 0 Å². The van der Waals surface area contributed by atoms with E-state index in [4.69, 9.17) is 4.84 Å². The summed E-state index contributed by atoms with van der Waals surface area (Å²) in [5.41, 5.74) is -2.13. The van der Waals surface area contributed by atoms with E-state index in [1.165, 1.54) is 21.7 Å². The van der Waals surface area contributed by atoms with Gasteiger partial charge in [0.25, 0.3) is 5.91 Å². The van der Waals surface area contributed by atoms with Crippen molar-refractivity contribution in [2.45, 2.75) is 63.3 Å². The Bertz CT molecular complexity index is 1330. The summed E-state index contributed by atoms with van der Waals surface area (Å²) in [7, 11) is 0. The van der Waals surface area contributed by atoms with E-state index in [-0.39, 0.29) is 42.8 Å². The van der Waals surface area contributed by atoms with Gasteiger partial charge in [-0.05, 0) is 19.9 Å². The molecular formula is C24H25F3N4O5. The summed E-state index contributed by atoms with van der Waals surface area (Å²) in [6.07, 6.45) is -1.68. The number of aromatic nitrogens is 1. The zero-order valence-corrected chi connectivity index (χ0v) is 19.5. The highest BCUT2D eigenvalue weighted by Crippen LogP contribution is 2.47. The van der Waals surface area contributed by atoms with Crippen molar-refractivity contribution in [2.75, 3.05) is 6.54 Å². The number of oxime groups is 1. The maximum Gasteiger partial charge on any atom is 0.274 e. The maximum absolute atomic E-state index is 15.2. The number of carbonyl (C=O) groups excluding carboxylic acids is 1. The fourth-order valence-electron chi connectivity index (χ4n) is 5.32. The van der Waals surface area contributed by atoms with Crippen LogP contribution in [0.3, 0.4) is 0 Å². The summed E-state index contributed by atoms with van der Waals surface area (Å²) in [4.78, 5) is 33.3. The number of amides is 1. The number of pyridine rings is 1. The second-order valence-corrected chi connectivity index (χ2v) is 9.63. The SMILES string of the molecule is CC1=NO[C@]2(C1)C[C@H](F)[C@H](C)N1C[C@H]2n2cc(C(O)NCc3ccc(F)cc3F)c(=O)c(O)c2C1=O. The van der Waals surface area contributed by atoms with E-state index in [2.05, 4.69) is 10.5 Å². The first-order chi connectivity index (χ1) is 17.0. The Morgan fingerprint density at radius 3 is 2.75 bits per heavy atom. The highest BCUT2D eigenvalue weighted by Gasteiger charge is 2.56. The van der Waals surface area contributed by atoms with Crippen LogP contribution in [0.4, 0.5) is 13.2 Å². The van der Waals surface area contributed by atoms with Gasteiger partial charge in [0.1, 0.15) is 24.0 Å². The Labute approximate surface area is 203 Å². The zero-order valence-electron chi connectivity index (χ0n) is 19.5. The number of aliphatic hydroxyl groups excluding tert-OH is 1. The molecule has 2 aromatic rings. The van der Waals surface area contributed by atoms with Crippen molar-refractivity contribution in [3.8, 4) is 5.75 Å². The molecule has 3 N–H and O–H groups in total. The number of rotatable bonds is 4. The second kappa shape index (κ2) is 8.63. The van der Waals surface area contributed by atoms with Gasteiger partial charge in [-0.3, -0.25) is 14.9 Å². The molecule has 1 fully saturated rings. The lowest BCUT2D eigenvalue weighted by Gasteiger charge is -2.41. The lowest BCUT2D eigenvalue weighted by molar-refractivity contribution is -0.0727. The van der Waals surface area contributed by atoms with Crippen LogP contribution in [0.25, 0.3) is 0 Å². The van der Waals surface area contributed by atoms with Gasteiger partial charge < -0.3 is 24.5 Å². The quantitative estimate of drug-likeness (QED) is 0.548. The largest absolute Gasteiger partial charge is 0.503 e. The molecule has 1 spiro atoms. The standard InChI is InChI=1S/C24H25F3N4O5/c1-11-6-24(36-29-11)7-17(27)12(2)30-10-18(24)31-9-15(20(32)21(33)19(31)23(30)35)22(34)28-8-13-3-4-14(25)5-16(13)26/h3-5,9,12,17-18,22,28,33-34H,6-8,10H2,1-2H3/t12-,17-,18+,22?,24+/m0/s1. The molecule has 0 radical (unpaired) electrons.